The molecule has 0 fully saturated rings. The lowest BCUT2D eigenvalue weighted by atomic mass is 9.71. The number of carbonyl (C=O) groups excluding carboxylic acids is 8. The summed E-state index contributed by atoms with van der Waals surface area (Å²) in [5.41, 5.74) is -16.6. The van der Waals surface area contributed by atoms with Crippen molar-refractivity contribution in [2.75, 3.05) is 27.2 Å². The van der Waals surface area contributed by atoms with E-state index < -0.39 is 137 Å². The molecule has 2 aromatic heterocycles. The minimum absolute atomic E-state index is 0.0314. The first kappa shape index (κ1) is 66.5. The normalized spacial score (nSPS) is 15.1. The number of hydrogen-bond donors (Lipinski definition) is 0. The lowest BCUT2D eigenvalue weighted by Gasteiger charge is -2.38. The van der Waals surface area contributed by atoms with Crippen molar-refractivity contribution in [3.63, 3.8) is 0 Å². The first-order valence-corrected chi connectivity index (χ1v) is 28.0. The molecule has 4 aliphatic heterocycles. The number of carbonyl (C=O) groups is 8. The number of fused-ring (bicyclic) bond motifs is 6. The van der Waals surface area contributed by atoms with E-state index in [9.17, 15) is 110 Å². The van der Waals surface area contributed by atoms with Crippen LogP contribution in [-0.2, 0) is 31.4 Å². The third kappa shape index (κ3) is 10.3. The molecule has 482 valence electrons. The lowest BCUT2D eigenvalue weighted by molar-refractivity contribution is -0.288. The molecule has 11 rings (SSSR count). The number of hydrogen-bond acceptors (Lipinski definition) is 12. The van der Waals surface area contributed by atoms with E-state index in [4.69, 9.17) is 0 Å². The average Bonchev–Trinajstić information content (AvgIpc) is 1.35. The summed E-state index contributed by atoms with van der Waals surface area (Å²) in [5.74, 6) is -4.89. The second-order valence-electron chi connectivity index (χ2n) is 21.9. The minimum atomic E-state index is -5.99. The molecule has 30 heteroatoms. The second kappa shape index (κ2) is 23.4. The highest BCUT2D eigenvalue weighted by Gasteiger charge is 2.73. The van der Waals surface area contributed by atoms with Crippen LogP contribution >= 0.6 is 0 Å². The van der Waals surface area contributed by atoms with E-state index in [0.717, 1.165) is 52.9 Å². The molecule has 6 heterocycles. The highest BCUT2D eigenvalue weighted by atomic mass is 19.4. The highest BCUT2D eigenvalue weighted by Crippen LogP contribution is 2.57. The summed E-state index contributed by atoms with van der Waals surface area (Å²) in [6.45, 7) is 5.42. The fourth-order valence-electron chi connectivity index (χ4n) is 11.6. The molecule has 0 N–H and O–H groups in total. The Bertz CT molecular complexity index is 4500. The van der Waals surface area contributed by atoms with Crippen LogP contribution in [0.3, 0.4) is 0 Å². The van der Waals surface area contributed by atoms with Gasteiger partial charge in [-0.05, 0) is 90.0 Å². The van der Waals surface area contributed by atoms with Crippen LogP contribution in [0.25, 0.3) is 32.7 Å². The summed E-state index contributed by atoms with van der Waals surface area (Å²) in [4.78, 5) is 152. The maximum absolute atomic E-state index is 14.6. The van der Waals surface area contributed by atoms with Crippen LogP contribution in [0.1, 0.15) is 164 Å². The Balaban J connectivity index is 0.000000165. The van der Waals surface area contributed by atoms with E-state index in [0.29, 0.717) is 84.3 Å². The quantitative estimate of drug-likeness (QED) is 0.0822. The number of rotatable bonds is 12. The molecule has 0 bridgehead atoms. The zero-order valence-corrected chi connectivity index (χ0v) is 48.9. The Labute approximate surface area is 509 Å². The SMILES string of the molecule is CCCCN1C(=O)c2ccc(-c3ccc4c(c3)C(=O)N(C)C4=O)cc2C1=O.CCCCN1C(=O)c2ccc(C(c3ccc4c(c3)C(=O)N(C)C4=O)(C(F)(F)F)C(F)(F)F)cc2C1=O.CCCCn1c(=O)c2c(C(F)(F)F)c3c(=O)n(C)c(=O)c3c(C(F)(F)F)c2c1=O. The van der Waals surface area contributed by atoms with Crippen LogP contribution in [0.4, 0.5) is 52.7 Å². The van der Waals surface area contributed by atoms with Crippen LogP contribution in [-0.4, -0.2) is 116 Å². The maximum Gasteiger partial charge on any atom is 0.418 e. The monoisotopic (exact) mass is 1300 g/mol. The molecule has 0 unspecified atom stereocenters. The first-order valence-electron chi connectivity index (χ1n) is 28.0. The number of benzene rings is 5. The summed E-state index contributed by atoms with van der Waals surface area (Å²) < 4.78 is 171. The van der Waals surface area contributed by atoms with Gasteiger partial charge in [0, 0.05) is 40.8 Å². The summed E-state index contributed by atoms with van der Waals surface area (Å²) >= 11 is 0. The second-order valence-corrected chi connectivity index (χ2v) is 21.9. The van der Waals surface area contributed by atoms with Gasteiger partial charge in [0.25, 0.3) is 69.5 Å². The van der Waals surface area contributed by atoms with Gasteiger partial charge in [0.15, 0.2) is 0 Å². The van der Waals surface area contributed by atoms with Crippen molar-refractivity contribution in [1.82, 2.24) is 28.7 Å². The van der Waals surface area contributed by atoms with Gasteiger partial charge in [-0.3, -0.25) is 86.3 Å². The molecule has 0 spiro atoms. The van der Waals surface area contributed by atoms with Gasteiger partial charge < -0.3 is 0 Å². The molecular weight excluding hydrogens is 1250 g/mol. The van der Waals surface area contributed by atoms with Crippen molar-refractivity contribution in [2.45, 2.75) is 96.0 Å². The van der Waals surface area contributed by atoms with Gasteiger partial charge in [-0.15, -0.1) is 0 Å². The minimum Gasteiger partial charge on any atom is -0.277 e. The zero-order chi connectivity index (χ0) is 68.1. The molecule has 18 nitrogen and oxygen atoms in total. The van der Waals surface area contributed by atoms with Crippen molar-refractivity contribution in [3.05, 3.63) is 181 Å². The molecule has 7 aromatic rings. The van der Waals surface area contributed by atoms with Crippen molar-refractivity contribution < 1.29 is 91.0 Å². The molecule has 0 aliphatic carbocycles. The molecular formula is C62H48F12N6O12. The van der Waals surface area contributed by atoms with Crippen molar-refractivity contribution in [2.24, 2.45) is 7.05 Å². The van der Waals surface area contributed by atoms with Gasteiger partial charge in [0.05, 0.1) is 77.2 Å². The van der Waals surface area contributed by atoms with Gasteiger partial charge in [-0.25, -0.2) is 0 Å². The molecule has 92 heavy (non-hydrogen) atoms. The largest absolute Gasteiger partial charge is 0.418 e. The number of alkyl halides is 12. The molecule has 0 saturated carbocycles. The summed E-state index contributed by atoms with van der Waals surface area (Å²) in [5, 5.41) is -6.20. The number of nitrogens with zero attached hydrogens (tertiary/aromatic N) is 6. The van der Waals surface area contributed by atoms with E-state index in [-0.39, 0.29) is 56.9 Å². The van der Waals surface area contributed by atoms with Crippen LogP contribution in [0.2, 0.25) is 0 Å². The van der Waals surface area contributed by atoms with Gasteiger partial charge >= 0.3 is 24.7 Å². The Morgan fingerprint density at radius 1 is 0.337 bits per heavy atom. The van der Waals surface area contributed by atoms with Crippen molar-refractivity contribution >= 4 is 68.8 Å². The smallest absolute Gasteiger partial charge is 0.277 e. The Morgan fingerprint density at radius 3 is 0.967 bits per heavy atom. The molecule has 8 amide bonds. The summed E-state index contributed by atoms with van der Waals surface area (Å²) in [6, 6.07) is 13.5. The van der Waals surface area contributed by atoms with Gasteiger partial charge in [-0.1, -0.05) is 64.3 Å². The molecule has 5 aromatic carbocycles. The Hall–Kier alpha value is -9.90. The number of unbranched alkanes of at least 4 members (excludes halogenated alkanes) is 3. The topological polar surface area (TPSA) is 228 Å². The van der Waals surface area contributed by atoms with Crippen molar-refractivity contribution in [1.29, 1.82) is 0 Å². The van der Waals surface area contributed by atoms with E-state index in [1.165, 1.54) is 11.9 Å². The van der Waals surface area contributed by atoms with Crippen LogP contribution in [0, 0.1) is 0 Å². The van der Waals surface area contributed by atoms with E-state index >= 15 is 0 Å². The van der Waals surface area contributed by atoms with Gasteiger partial charge in [0.2, 0.25) is 5.41 Å². The number of amides is 8. The Kier molecular flexibility index (Phi) is 16.9. The van der Waals surface area contributed by atoms with Crippen molar-refractivity contribution in [3.8, 4) is 11.1 Å². The maximum atomic E-state index is 14.6. The molecule has 0 saturated heterocycles. The zero-order valence-electron chi connectivity index (χ0n) is 48.9. The summed E-state index contributed by atoms with van der Waals surface area (Å²) in [6.07, 6.45) is -19.7. The molecule has 0 atom stereocenters. The molecule has 4 aliphatic rings. The fraction of sp³-hybridized carbons (Fsp3) is 0.323. The van der Waals surface area contributed by atoms with Crippen LogP contribution in [0.15, 0.2) is 92.0 Å². The average molecular weight is 1300 g/mol. The highest BCUT2D eigenvalue weighted by molar-refractivity contribution is 6.24. The third-order valence-electron chi connectivity index (χ3n) is 16.4. The lowest BCUT2D eigenvalue weighted by Crippen LogP contribution is -2.55. The standard InChI is InChI=1S/C24H18F6N2O4.C21H18N2O4.C17H12F6N2O4/c1-3-4-9-32-20(35)15-8-6-13(11-17(15)21(32)36)22(23(25,26)27,24(28,29)30)12-5-7-14-16(10-12)19(34)31(2)18(14)33;1-3-4-9-23-20(26)15-8-6-13(11-17(15)21(23)27)12-5-7-14-16(10-12)19(25)22(2)18(14)24;1-3-4-5-25-14(28)8-9(15(25)29)11(17(21,22)23)7-6(10(8)16(18,19)20)12(26)24(2)13(7)27/h5-8,10-11H,3-4,9H2,1-2H3;5-8,10-11H,3-4,9H2,1-2H3;3-5H2,1-2H3. The number of imide groups is 4. The fourth-order valence-corrected chi connectivity index (χ4v) is 11.6. The predicted octanol–water partition coefficient (Wildman–Crippen LogP) is 9.98. The van der Waals surface area contributed by atoms with Gasteiger partial charge in [0.1, 0.15) is 0 Å². The summed E-state index contributed by atoms with van der Waals surface area (Å²) in [7, 11) is 3.22. The Morgan fingerprint density at radius 2 is 0.620 bits per heavy atom. The predicted molar refractivity (Wildman–Crippen MR) is 302 cm³/mol. The van der Waals surface area contributed by atoms with E-state index in [1.54, 1.807) is 50.2 Å². The number of aromatic nitrogens is 2. The van der Waals surface area contributed by atoms with E-state index in [2.05, 4.69) is 0 Å². The number of halogens is 12. The van der Waals surface area contributed by atoms with E-state index in [1.807, 2.05) is 6.92 Å². The van der Waals surface area contributed by atoms with Gasteiger partial charge in [-0.2, -0.15) is 52.7 Å². The third-order valence-corrected chi connectivity index (χ3v) is 16.4. The van der Waals surface area contributed by atoms with Crippen LogP contribution in [0.5, 0.6) is 0 Å². The van der Waals surface area contributed by atoms with Crippen LogP contribution < -0.4 is 22.2 Å². The molecule has 0 radical (unpaired) electrons. The first-order chi connectivity index (χ1) is 42.9.